The molecule has 0 radical (unpaired) electrons. The molecule has 0 aliphatic rings. The van der Waals surface area contributed by atoms with Gasteiger partial charge in [-0.15, -0.1) is 0 Å². The summed E-state index contributed by atoms with van der Waals surface area (Å²) in [5.74, 6) is -0.594. The van der Waals surface area contributed by atoms with E-state index >= 15 is 0 Å². The molecule has 0 aromatic carbocycles. The zero-order chi connectivity index (χ0) is 12.8. The Morgan fingerprint density at radius 2 is 2.35 bits per heavy atom. The summed E-state index contributed by atoms with van der Waals surface area (Å²) in [5.41, 5.74) is 1.05. The smallest absolute Gasteiger partial charge is 0.335 e. The summed E-state index contributed by atoms with van der Waals surface area (Å²) in [5, 5.41) is 9.42. The molecule has 0 spiro atoms. The highest BCUT2D eigenvalue weighted by Crippen LogP contribution is 2.10. The summed E-state index contributed by atoms with van der Waals surface area (Å²) >= 11 is 0. The van der Waals surface area contributed by atoms with Crippen LogP contribution in [0.4, 0.5) is 0 Å². The summed E-state index contributed by atoms with van der Waals surface area (Å²) in [6.45, 7) is 6.64. The Morgan fingerprint density at radius 1 is 1.65 bits per heavy atom. The molecule has 0 fully saturated rings. The average molecular weight is 240 g/mol. The van der Waals surface area contributed by atoms with Crippen LogP contribution in [0.15, 0.2) is 35.2 Å². The molecule has 0 aliphatic heterocycles. The Hall–Kier alpha value is -1.59. The molecule has 1 heterocycles. The monoisotopic (exact) mass is 240 g/mol. The first-order valence-electron chi connectivity index (χ1n) is 5.18. The number of aliphatic hydroxyl groups excluding tert-OH is 1. The van der Waals surface area contributed by atoms with Gasteiger partial charge >= 0.3 is 5.97 Å². The minimum atomic E-state index is -1.02. The molecular weight excluding hydrogens is 224 g/mol. The number of furan rings is 1. The van der Waals surface area contributed by atoms with Gasteiger partial charge in [0.15, 0.2) is 0 Å². The lowest BCUT2D eigenvalue weighted by Crippen LogP contribution is -2.31. The van der Waals surface area contributed by atoms with Crippen molar-refractivity contribution in [1.82, 2.24) is 0 Å². The van der Waals surface area contributed by atoms with Crippen LogP contribution in [0.2, 0.25) is 0 Å². The lowest BCUT2D eigenvalue weighted by Gasteiger charge is -2.20. The molecule has 94 valence electrons. The van der Waals surface area contributed by atoms with Gasteiger partial charge in [0.25, 0.3) is 0 Å². The molecule has 2 unspecified atom stereocenters. The van der Waals surface area contributed by atoms with E-state index in [1.54, 1.807) is 6.07 Å². The summed E-state index contributed by atoms with van der Waals surface area (Å²) < 4.78 is 15.1. The molecule has 5 heteroatoms. The highest BCUT2D eigenvalue weighted by Gasteiger charge is 2.21. The van der Waals surface area contributed by atoms with E-state index < -0.39 is 18.4 Å². The van der Waals surface area contributed by atoms with E-state index in [2.05, 4.69) is 6.58 Å². The van der Waals surface area contributed by atoms with Crippen LogP contribution in [-0.2, 0) is 20.9 Å². The van der Waals surface area contributed by atoms with Gasteiger partial charge in [-0.25, -0.2) is 4.79 Å². The lowest BCUT2D eigenvalue weighted by molar-refractivity contribution is -0.200. The Kier molecular flexibility index (Phi) is 4.93. The molecule has 1 N–H and O–H groups in total. The van der Waals surface area contributed by atoms with Gasteiger partial charge in [0, 0.05) is 11.1 Å². The molecular formula is C12H16O5. The first kappa shape index (κ1) is 13.5. The van der Waals surface area contributed by atoms with E-state index in [0.717, 1.165) is 5.56 Å². The third-order valence-electron chi connectivity index (χ3n) is 1.96. The largest absolute Gasteiger partial charge is 0.472 e. The third-order valence-corrected chi connectivity index (χ3v) is 1.96. The number of ether oxygens (including phenoxy) is 2. The predicted octanol–water partition coefficient (Wildman–Crippen LogP) is 1.62. The second kappa shape index (κ2) is 6.22. The molecule has 0 amide bonds. The highest BCUT2D eigenvalue weighted by molar-refractivity contribution is 5.87. The maximum absolute atomic E-state index is 11.3. The van der Waals surface area contributed by atoms with E-state index in [1.807, 2.05) is 0 Å². The van der Waals surface area contributed by atoms with Crippen LogP contribution < -0.4 is 0 Å². The van der Waals surface area contributed by atoms with Gasteiger partial charge in [-0.3, -0.25) is 0 Å². The molecule has 0 bridgehead atoms. The number of rotatable bonds is 6. The maximum atomic E-state index is 11.3. The molecule has 0 saturated carbocycles. The second-order valence-corrected chi connectivity index (χ2v) is 3.74. The number of hydrogen-bond donors (Lipinski definition) is 1. The molecule has 17 heavy (non-hydrogen) atoms. The van der Waals surface area contributed by atoms with Crippen LogP contribution in [0, 0.1) is 0 Å². The van der Waals surface area contributed by atoms with Crippen molar-refractivity contribution in [1.29, 1.82) is 0 Å². The molecule has 2 atom stereocenters. The molecule has 5 nitrogen and oxygen atoms in total. The van der Waals surface area contributed by atoms with Gasteiger partial charge in [0.1, 0.15) is 6.10 Å². The van der Waals surface area contributed by atoms with Crippen molar-refractivity contribution in [3.63, 3.8) is 0 Å². The van der Waals surface area contributed by atoms with E-state index in [4.69, 9.17) is 13.9 Å². The van der Waals surface area contributed by atoms with Crippen LogP contribution in [-0.4, -0.2) is 23.5 Å². The van der Waals surface area contributed by atoms with Crippen molar-refractivity contribution in [2.75, 3.05) is 0 Å². The quantitative estimate of drug-likeness (QED) is 0.465. The average Bonchev–Trinajstić information content (AvgIpc) is 2.75. The molecule has 0 saturated heterocycles. The number of carbonyl (C=O) groups excluding carboxylic acids is 1. The first-order valence-corrected chi connectivity index (χ1v) is 5.18. The van der Waals surface area contributed by atoms with Gasteiger partial charge in [-0.05, 0) is 19.9 Å². The summed E-state index contributed by atoms with van der Waals surface area (Å²) in [4.78, 5) is 11.3. The van der Waals surface area contributed by atoms with Crippen molar-refractivity contribution in [3.8, 4) is 0 Å². The van der Waals surface area contributed by atoms with Gasteiger partial charge < -0.3 is 19.0 Å². The molecule has 1 aromatic rings. The summed E-state index contributed by atoms with van der Waals surface area (Å²) in [6.07, 6.45) is 1.08. The minimum Gasteiger partial charge on any atom is -0.472 e. The molecule has 1 rings (SSSR count). The normalized spacial score (nSPS) is 14.1. The van der Waals surface area contributed by atoms with Crippen LogP contribution in [0.3, 0.4) is 0 Å². The lowest BCUT2D eigenvalue weighted by atomic mass is 10.3. The van der Waals surface area contributed by atoms with Gasteiger partial charge in [0.2, 0.25) is 6.29 Å². The van der Waals surface area contributed by atoms with E-state index in [0.29, 0.717) is 0 Å². The fourth-order valence-electron chi connectivity index (χ4n) is 1.03. The third kappa shape index (κ3) is 4.42. The van der Waals surface area contributed by atoms with Gasteiger partial charge in [-0.2, -0.15) is 0 Å². The van der Waals surface area contributed by atoms with Crippen LogP contribution in [0.1, 0.15) is 19.4 Å². The number of carbonyl (C=O) groups is 1. The Morgan fingerprint density at radius 3 is 2.82 bits per heavy atom. The van der Waals surface area contributed by atoms with Crippen molar-refractivity contribution in [3.05, 3.63) is 36.3 Å². The number of esters is 1. The number of hydrogen-bond acceptors (Lipinski definition) is 5. The van der Waals surface area contributed by atoms with Crippen molar-refractivity contribution in [2.24, 2.45) is 0 Å². The Labute approximate surface area is 99.6 Å². The van der Waals surface area contributed by atoms with E-state index in [1.165, 1.54) is 26.4 Å². The minimum absolute atomic E-state index is 0.190. The first-order chi connectivity index (χ1) is 8.00. The molecule has 1 aromatic heterocycles. The Balaban J connectivity index is 2.49. The maximum Gasteiger partial charge on any atom is 0.335 e. The topological polar surface area (TPSA) is 68.9 Å². The van der Waals surface area contributed by atoms with Crippen LogP contribution in [0.5, 0.6) is 0 Å². The molecule has 0 aliphatic carbocycles. The zero-order valence-electron chi connectivity index (χ0n) is 9.88. The fraction of sp³-hybridized carbons (Fsp3) is 0.417. The summed E-state index contributed by atoms with van der Waals surface area (Å²) in [7, 11) is 0. The van der Waals surface area contributed by atoms with Crippen molar-refractivity contribution in [2.45, 2.75) is 32.8 Å². The van der Waals surface area contributed by atoms with E-state index in [9.17, 15) is 9.90 Å². The fourth-order valence-corrected chi connectivity index (χ4v) is 1.03. The van der Waals surface area contributed by atoms with E-state index in [-0.39, 0.29) is 12.2 Å². The second-order valence-electron chi connectivity index (χ2n) is 3.74. The van der Waals surface area contributed by atoms with Gasteiger partial charge in [-0.1, -0.05) is 6.58 Å². The van der Waals surface area contributed by atoms with Crippen LogP contribution in [0.25, 0.3) is 0 Å². The van der Waals surface area contributed by atoms with Crippen molar-refractivity contribution >= 4 is 5.97 Å². The Bertz CT molecular complexity index is 366. The predicted molar refractivity (Wildman–Crippen MR) is 59.9 cm³/mol. The van der Waals surface area contributed by atoms with Gasteiger partial charge in [0.05, 0.1) is 19.1 Å². The van der Waals surface area contributed by atoms with Crippen LogP contribution >= 0.6 is 0 Å². The SMILES string of the molecule is C=C(C)C(=O)OC(OCc1ccoc1)C(C)O. The van der Waals surface area contributed by atoms with Crippen molar-refractivity contribution < 1.29 is 23.8 Å². The summed E-state index contributed by atoms with van der Waals surface area (Å²) in [6, 6.07) is 1.72. The number of aliphatic hydroxyl groups is 1. The zero-order valence-corrected chi connectivity index (χ0v) is 9.88. The standard InChI is InChI=1S/C12H16O5/c1-8(2)11(14)17-12(9(3)13)16-7-10-4-5-15-6-10/h4-6,9,12-13H,1,7H2,2-3H3. The highest BCUT2D eigenvalue weighted by atomic mass is 16.7.